The third-order valence-corrected chi connectivity index (χ3v) is 4.35. The van der Waals surface area contributed by atoms with Gasteiger partial charge in [-0.3, -0.25) is 0 Å². The van der Waals surface area contributed by atoms with E-state index in [1.165, 1.54) is 0 Å². The topological polar surface area (TPSA) is 61.8 Å². The summed E-state index contributed by atoms with van der Waals surface area (Å²) in [7, 11) is 1.64. The van der Waals surface area contributed by atoms with Crippen LogP contribution in [0.2, 0.25) is 0 Å². The molecule has 1 saturated heterocycles. The lowest BCUT2D eigenvalue weighted by Gasteiger charge is -2.45. The van der Waals surface area contributed by atoms with Gasteiger partial charge in [0.1, 0.15) is 11.4 Å². The average molecular weight is 276 g/mol. The Kier molecular flexibility index (Phi) is 3.30. The van der Waals surface area contributed by atoms with Crippen molar-refractivity contribution >= 4 is 6.03 Å². The van der Waals surface area contributed by atoms with Gasteiger partial charge in [0.25, 0.3) is 0 Å². The minimum absolute atomic E-state index is 0.0448. The molecule has 1 aromatic carbocycles. The smallest absolute Gasteiger partial charge is 0.317 e. The highest BCUT2D eigenvalue weighted by Gasteiger charge is 2.43. The molecule has 2 aliphatic rings. The second-order valence-electron chi connectivity index (χ2n) is 5.59. The summed E-state index contributed by atoms with van der Waals surface area (Å²) in [6, 6.07) is 7.61. The molecule has 1 aromatic rings. The number of hydrogen-bond acceptors (Lipinski definition) is 3. The minimum Gasteiger partial charge on any atom is -0.487 e. The van der Waals surface area contributed by atoms with Crippen molar-refractivity contribution in [3.05, 3.63) is 29.8 Å². The predicted molar refractivity (Wildman–Crippen MR) is 74.6 cm³/mol. The van der Waals surface area contributed by atoms with Gasteiger partial charge in [0.2, 0.25) is 0 Å². The molecule has 20 heavy (non-hydrogen) atoms. The number of aliphatic hydroxyl groups excluding tert-OH is 1. The third-order valence-electron chi connectivity index (χ3n) is 4.35. The van der Waals surface area contributed by atoms with E-state index >= 15 is 0 Å². The summed E-state index contributed by atoms with van der Waals surface area (Å²) in [5, 5.41) is 13.0. The predicted octanol–water partition coefficient (Wildman–Crippen LogP) is 1.68. The second-order valence-corrected chi connectivity index (χ2v) is 5.59. The van der Waals surface area contributed by atoms with Crippen molar-refractivity contribution in [1.29, 1.82) is 0 Å². The molecule has 0 saturated carbocycles. The van der Waals surface area contributed by atoms with Crippen LogP contribution in [0.15, 0.2) is 24.3 Å². The molecule has 3 rings (SSSR count). The number of likely N-dealkylation sites (tertiary alicyclic amines) is 1. The number of rotatable bonds is 0. The number of para-hydroxylation sites is 1. The van der Waals surface area contributed by atoms with Crippen molar-refractivity contribution in [3.8, 4) is 5.75 Å². The van der Waals surface area contributed by atoms with Gasteiger partial charge < -0.3 is 20.1 Å². The van der Waals surface area contributed by atoms with Gasteiger partial charge >= 0.3 is 6.03 Å². The van der Waals surface area contributed by atoms with Crippen LogP contribution in [-0.4, -0.2) is 41.8 Å². The molecule has 1 atom stereocenters. The molecular weight excluding hydrogens is 256 g/mol. The van der Waals surface area contributed by atoms with E-state index in [-0.39, 0.29) is 11.6 Å². The Bertz CT molecular complexity index is 510. The Morgan fingerprint density at radius 3 is 2.80 bits per heavy atom. The summed E-state index contributed by atoms with van der Waals surface area (Å²) in [6.07, 6.45) is 1.63. The fourth-order valence-corrected chi connectivity index (χ4v) is 3.17. The number of amides is 2. The van der Waals surface area contributed by atoms with Crippen LogP contribution in [0.25, 0.3) is 0 Å². The first kappa shape index (κ1) is 13.2. The molecule has 2 aliphatic heterocycles. The fraction of sp³-hybridized carbons (Fsp3) is 0.533. The Morgan fingerprint density at radius 2 is 2.10 bits per heavy atom. The Balaban J connectivity index is 1.75. The number of benzene rings is 1. The summed E-state index contributed by atoms with van der Waals surface area (Å²) in [5.41, 5.74) is 0.532. The van der Waals surface area contributed by atoms with Crippen LogP contribution in [0.1, 0.15) is 30.9 Å². The molecule has 2 heterocycles. The average Bonchev–Trinajstić information content (AvgIpc) is 2.47. The van der Waals surface area contributed by atoms with Gasteiger partial charge in [-0.1, -0.05) is 18.2 Å². The molecule has 0 radical (unpaired) electrons. The van der Waals surface area contributed by atoms with Gasteiger partial charge in [-0.05, 0) is 6.07 Å². The van der Waals surface area contributed by atoms with Gasteiger partial charge in [0.15, 0.2) is 0 Å². The quantitative estimate of drug-likeness (QED) is 0.758. The first-order valence-corrected chi connectivity index (χ1v) is 7.06. The zero-order chi connectivity index (χ0) is 14.2. The highest BCUT2D eigenvalue weighted by Crippen LogP contribution is 2.43. The van der Waals surface area contributed by atoms with Gasteiger partial charge in [0.05, 0.1) is 6.10 Å². The van der Waals surface area contributed by atoms with E-state index in [2.05, 4.69) is 5.32 Å². The van der Waals surface area contributed by atoms with Crippen molar-refractivity contribution in [2.45, 2.75) is 31.0 Å². The normalized spacial score (nSPS) is 23.9. The van der Waals surface area contributed by atoms with E-state index in [1.54, 1.807) is 11.9 Å². The summed E-state index contributed by atoms with van der Waals surface area (Å²) in [4.78, 5) is 13.4. The van der Waals surface area contributed by atoms with Crippen LogP contribution in [0.3, 0.4) is 0 Å². The summed E-state index contributed by atoms with van der Waals surface area (Å²) >= 11 is 0. The van der Waals surface area contributed by atoms with Crippen LogP contribution in [0.4, 0.5) is 4.79 Å². The molecule has 1 spiro atoms. The number of nitrogens with one attached hydrogen (secondary N) is 1. The van der Waals surface area contributed by atoms with Crippen LogP contribution in [0.5, 0.6) is 5.75 Å². The van der Waals surface area contributed by atoms with E-state index in [0.717, 1.165) is 24.2 Å². The lowest BCUT2D eigenvalue weighted by molar-refractivity contribution is -0.0476. The number of nitrogens with zero attached hydrogens (tertiary/aromatic N) is 1. The molecule has 2 N–H and O–H groups in total. The summed E-state index contributed by atoms with van der Waals surface area (Å²) in [5.74, 6) is 0.777. The van der Waals surface area contributed by atoms with E-state index < -0.39 is 6.10 Å². The Labute approximate surface area is 118 Å². The van der Waals surface area contributed by atoms with Gasteiger partial charge in [-0.15, -0.1) is 0 Å². The number of piperidine rings is 1. The number of aliphatic hydroxyl groups is 1. The number of carbonyl (C=O) groups is 1. The molecule has 1 fully saturated rings. The lowest BCUT2D eigenvalue weighted by atomic mass is 9.82. The molecule has 5 nitrogen and oxygen atoms in total. The van der Waals surface area contributed by atoms with Gasteiger partial charge in [-0.25, -0.2) is 4.79 Å². The first-order chi connectivity index (χ1) is 9.63. The van der Waals surface area contributed by atoms with Crippen molar-refractivity contribution in [2.75, 3.05) is 20.1 Å². The molecule has 1 unspecified atom stereocenters. The minimum atomic E-state index is -0.480. The van der Waals surface area contributed by atoms with E-state index in [4.69, 9.17) is 4.74 Å². The van der Waals surface area contributed by atoms with Crippen molar-refractivity contribution < 1.29 is 14.6 Å². The van der Waals surface area contributed by atoms with Crippen molar-refractivity contribution in [2.24, 2.45) is 0 Å². The number of urea groups is 1. The molecule has 0 aromatic heterocycles. The van der Waals surface area contributed by atoms with Crippen LogP contribution < -0.4 is 10.1 Å². The third kappa shape index (κ3) is 2.22. The van der Waals surface area contributed by atoms with Crippen molar-refractivity contribution in [1.82, 2.24) is 10.2 Å². The molecule has 0 bridgehead atoms. The van der Waals surface area contributed by atoms with E-state index in [9.17, 15) is 9.90 Å². The van der Waals surface area contributed by atoms with Gasteiger partial charge in [0, 0.05) is 45.0 Å². The molecule has 5 heteroatoms. The first-order valence-electron chi connectivity index (χ1n) is 7.06. The Morgan fingerprint density at radius 1 is 1.40 bits per heavy atom. The Hall–Kier alpha value is -1.75. The zero-order valence-electron chi connectivity index (χ0n) is 11.6. The highest BCUT2D eigenvalue weighted by molar-refractivity contribution is 5.73. The SMILES string of the molecule is CNC(=O)N1CCC2(CC1)CC(O)c1ccccc1O2. The number of ether oxygens (including phenoxy) is 1. The number of carbonyl (C=O) groups excluding carboxylic acids is 1. The summed E-state index contributed by atoms with van der Waals surface area (Å²) < 4.78 is 6.17. The fourth-order valence-electron chi connectivity index (χ4n) is 3.17. The van der Waals surface area contributed by atoms with Crippen LogP contribution in [0, 0.1) is 0 Å². The molecular formula is C15H20N2O3. The van der Waals surface area contributed by atoms with Crippen LogP contribution >= 0.6 is 0 Å². The molecule has 108 valence electrons. The summed E-state index contributed by atoms with van der Waals surface area (Å²) in [6.45, 7) is 1.32. The van der Waals surface area contributed by atoms with E-state index in [1.807, 2.05) is 24.3 Å². The number of hydrogen-bond donors (Lipinski definition) is 2. The van der Waals surface area contributed by atoms with Crippen molar-refractivity contribution in [3.63, 3.8) is 0 Å². The lowest BCUT2D eigenvalue weighted by Crippen LogP contribution is -2.53. The largest absolute Gasteiger partial charge is 0.487 e. The zero-order valence-corrected chi connectivity index (χ0v) is 11.6. The monoisotopic (exact) mass is 276 g/mol. The number of fused-ring (bicyclic) bond motifs is 1. The van der Waals surface area contributed by atoms with Gasteiger partial charge in [-0.2, -0.15) is 0 Å². The maximum absolute atomic E-state index is 11.6. The van der Waals surface area contributed by atoms with Crippen LogP contribution in [-0.2, 0) is 0 Å². The van der Waals surface area contributed by atoms with E-state index in [0.29, 0.717) is 19.5 Å². The standard InChI is InChI=1S/C15H20N2O3/c1-16-14(19)17-8-6-15(7-9-17)10-12(18)11-4-2-3-5-13(11)20-15/h2-5,12,18H,6-10H2,1H3,(H,16,19). The highest BCUT2D eigenvalue weighted by atomic mass is 16.5. The maximum atomic E-state index is 11.6. The maximum Gasteiger partial charge on any atom is 0.317 e. The molecule has 0 aliphatic carbocycles. The second kappa shape index (κ2) is 4.98. The molecule has 2 amide bonds.